The van der Waals surface area contributed by atoms with E-state index in [0.29, 0.717) is 34.9 Å². The van der Waals surface area contributed by atoms with Crippen molar-refractivity contribution >= 4 is 35.0 Å². The van der Waals surface area contributed by atoms with Gasteiger partial charge in [-0.1, -0.05) is 23.2 Å². The van der Waals surface area contributed by atoms with E-state index in [1.54, 1.807) is 28.8 Å². The Balaban J connectivity index is 0.00000176. The topological polar surface area (TPSA) is 62.1 Å². The molecule has 0 saturated carbocycles. The Bertz CT molecular complexity index is 740. The van der Waals surface area contributed by atoms with Crippen molar-refractivity contribution in [3.8, 4) is 0 Å². The molecule has 108 valence electrons. The van der Waals surface area contributed by atoms with Gasteiger partial charge in [-0.2, -0.15) is 0 Å². The van der Waals surface area contributed by atoms with Crippen molar-refractivity contribution in [1.82, 2.24) is 4.57 Å². The van der Waals surface area contributed by atoms with Gasteiger partial charge in [0, 0.05) is 28.7 Å². The molecular weight excluding hydrogens is 336 g/mol. The first-order valence-corrected chi connectivity index (χ1v) is 7.14. The van der Waals surface area contributed by atoms with Crippen LogP contribution in [-0.2, 0) is 11.3 Å². The predicted molar refractivity (Wildman–Crippen MR) is 76.7 cm³/mol. The number of fused-ring (bicyclic) bond motifs is 1. The third-order valence-corrected chi connectivity index (χ3v) is 4.23. The van der Waals surface area contributed by atoms with E-state index < -0.39 is 11.9 Å². The van der Waals surface area contributed by atoms with E-state index in [2.05, 4.69) is 0 Å². The van der Waals surface area contributed by atoms with E-state index >= 15 is 0 Å². The van der Waals surface area contributed by atoms with Gasteiger partial charge in [-0.05, 0) is 36.8 Å². The zero-order valence-electron chi connectivity index (χ0n) is 11.8. The monoisotopic (exact) mass is 345 g/mol. The van der Waals surface area contributed by atoms with Crippen molar-refractivity contribution in [3.63, 3.8) is 0 Å². The quantitative estimate of drug-likeness (QED) is 0.544. The number of hydrogen-bond donors (Lipinski definition) is 0. The van der Waals surface area contributed by atoms with Gasteiger partial charge >= 0.3 is 29.6 Å². The molecule has 0 saturated heterocycles. The van der Waals surface area contributed by atoms with Crippen LogP contribution in [0.5, 0.6) is 0 Å². The van der Waals surface area contributed by atoms with Crippen LogP contribution in [-0.4, -0.2) is 16.3 Å². The fraction of sp³-hybridized carbons (Fsp3) is 0.200. The minimum absolute atomic E-state index is 0. The van der Waals surface area contributed by atoms with E-state index in [1.165, 1.54) is 6.07 Å². The number of nitrogens with zero attached hydrogens (tertiary/aromatic N) is 1. The Morgan fingerprint density at radius 1 is 1.18 bits per heavy atom. The fourth-order valence-corrected chi connectivity index (χ4v) is 3.10. The van der Waals surface area contributed by atoms with Crippen LogP contribution in [0.3, 0.4) is 0 Å². The molecule has 0 radical (unpaired) electrons. The van der Waals surface area contributed by atoms with E-state index in [1.807, 2.05) is 0 Å². The molecule has 0 fully saturated rings. The maximum Gasteiger partial charge on any atom is 1.00 e. The van der Waals surface area contributed by atoms with Crippen LogP contribution in [0.15, 0.2) is 30.3 Å². The second-order valence-corrected chi connectivity index (χ2v) is 5.76. The predicted octanol–water partition coefficient (Wildman–Crippen LogP) is -0.733. The normalized spacial score (nSPS) is 16.0. The molecule has 1 aromatic carbocycles. The van der Waals surface area contributed by atoms with Gasteiger partial charge in [0.2, 0.25) is 5.78 Å². The molecule has 1 aliphatic heterocycles. The van der Waals surface area contributed by atoms with Gasteiger partial charge in [-0.25, -0.2) is 0 Å². The minimum Gasteiger partial charge on any atom is -0.549 e. The number of halogens is 2. The second kappa shape index (κ2) is 6.77. The second-order valence-electron chi connectivity index (χ2n) is 4.91. The largest absolute Gasteiger partial charge is 1.00 e. The van der Waals surface area contributed by atoms with Gasteiger partial charge in [-0.15, -0.1) is 0 Å². The van der Waals surface area contributed by atoms with Crippen LogP contribution in [0.4, 0.5) is 0 Å². The minimum atomic E-state index is -1.14. The molecule has 0 bridgehead atoms. The summed E-state index contributed by atoms with van der Waals surface area (Å²) in [5.41, 5.74) is 1.30. The summed E-state index contributed by atoms with van der Waals surface area (Å²) < 4.78 is 1.67. The molecule has 4 nitrogen and oxygen atoms in total. The van der Waals surface area contributed by atoms with Crippen molar-refractivity contribution < 1.29 is 44.3 Å². The molecule has 0 amide bonds. The van der Waals surface area contributed by atoms with Crippen molar-refractivity contribution in [2.45, 2.75) is 18.9 Å². The number of carboxylic acids is 1. The first kappa shape index (κ1) is 17.6. The first-order valence-electron chi connectivity index (χ1n) is 6.39. The molecule has 0 aliphatic carbocycles. The maximum atomic E-state index is 12.6. The van der Waals surface area contributed by atoms with Gasteiger partial charge in [-0.3, -0.25) is 4.79 Å². The Hall–Kier alpha value is -0.780. The molecule has 0 spiro atoms. The standard InChI is InChI=1S/C15H11Cl2NO3.Na/c16-9-3-1-8(2-4-9)14(19)13-11(17)7-12-10(15(20)21)5-6-18(12)13;/h1-4,7,10H,5-6H2,(H,20,21);/q;+1/p-1. The first-order chi connectivity index (χ1) is 9.99. The zero-order chi connectivity index (χ0) is 15.1. The van der Waals surface area contributed by atoms with Crippen LogP contribution in [0, 0.1) is 0 Å². The summed E-state index contributed by atoms with van der Waals surface area (Å²) in [7, 11) is 0. The maximum absolute atomic E-state index is 12.6. The van der Waals surface area contributed by atoms with Gasteiger partial charge in [0.15, 0.2) is 0 Å². The molecule has 0 N–H and O–H groups in total. The van der Waals surface area contributed by atoms with E-state index in [9.17, 15) is 14.7 Å². The van der Waals surface area contributed by atoms with Crippen LogP contribution >= 0.6 is 23.2 Å². The molecule has 3 rings (SSSR count). The number of aromatic nitrogens is 1. The Morgan fingerprint density at radius 2 is 1.82 bits per heavy atom. The van der Waals surface area contributed by atoms with Gasteiger partial charge in [0.25, 0.3) is 0 Å². The van der Waals surface area contributed by atoms with Gasteiger partial charge in [0.1, 0.15) is 5.69 Å². The molecule has 2 aromatic rings. The average Bonchev–Trinajstić information content (AvgIpc) is 2.96. The third kappa shape index (κ3) is 2.99. The van der Waals surface area contributed by atoms with E-state index in [-0.39, 0.29) is 40.4 Å². The number of benzene rings is 1. The molecule has 1 aliphatic rings. The molecule has 2 heterocycles. The fourth-order valence-electron chi connectivity index (χ4n) is 2.68. The summed E-state index contributed by atoms with van der Waals surface area (Å²) in [6.45, 7) is 0.440. The summed E-state index contributed by atoms with van der Waals surface area (Å²) in [5, 5.41) is 11.9. The molecule has 1 unspecified atom stereocenters. The summed E-state index contributed by atoms with van der Waals surface area (Å²) in [6.07, 6.45) is 0.412. The summed E-state index contributed by atoms with van der Waals surface area (Å²) in [5.74, 6) is -2.11. The number of rotatable bonds is 3. The van der Waals surface area contributed by atoms with Crippen LogP contribution in [0.1, 0.15) is 34.1 Å². The number of carboxylic acid groups (broad SMARTS) is 1. The van der Waals surface area contributed by atoms with Gasteiger partial charge in [0.05, 0.1) is 11.0 Å². The van der Waals surface area contributed by atoms with Gasteiger partial charge < -0.3 is 14.5 Å². The van der Waals surface area contributed by atoms with Crippen molar-refractivity contribution in [2.75, 3.05) is 0 Å². The molecule has 1 atom stereocenters. The summed E-state index contributed by atoms with van der Waals surface area (Å²) in [6, 6.07) is 8.03. The van der Waals surface area contributed by atoms with E-state index in [4.69, 9.17) is 23.2 Å². The number of ketones is 1. The molecular formula is C15H10Cl2NNaO3. The van der Waals surface area contributed by atoms with Crippen LogP contribution in [0.25, 0.3) is 0 Å². The Kier molecular flexibility index (Phi) is 5.41. The number of carbonyl (C=O) groups is 2. The number of hydrogen-bond acceptors (Lipinski definition) is 3. The van der Waals surface area contributed by atoms with Crippen LogP contribution in [0.2, 0.25) is 10.0 Å². The van der Waals surface area contributed by atoms with Crippen LogP contribution < -0.4 is 34.7 Å². The molecule has 7 heteroatoms. The third-order valence-electron chi connectivity index (χ3n) is 3.69. The zero-order valence-corrected chi connectivity index (χ0v) is 15.3. The Morgan fingerprint density at radius 3 is 2.41 bits per heavy atom. The van der Waals surface area contributed by atoms with E-state index in [0.717, 1.165) is 0 Å². The Labute approximate surface area is 159 Å². The number of aliphatic carboxylic acids is 1. The van der Waals surface area contributed by atoms with Crippen molar-refractivity contribution in [1.29, 1.82) is 0 Å². The number of carbonyl (C=O) groups excluding carboxylic acids is 2. The molecule has 22 heavy (non-hydrogen) atoms. The smallest absolute Gasteiger partial charge is 0.549 e. The summed E-state index contributed by atoms with van der Waals surface area (Å²) in [4.78, 5) is 23.7. The summed E-state index contributed by atoms with van der Waals surface area (Å²) >= 11 is 11.9. The molecule has 1 aromatic heterocycles. The van der Waals surface area contributed by atoms with Crippen molar-refractivity contribution in [3.05, 3.63) is 57.3 Å². The van der Waals surface area contributed by atoms with Crippen molar-refractivity contribution in [2.24, 2.45) is 0 Å². The average molecular weight is 346 g/mol. The SMILES string of the molecule is O=C(c1ccc(Cl)cc1)c1c(Cl)cc2n1CCC2C(=O)[O-].[Na+].